The average molecular weight is 397 g/mol. The number of ether oxygens (including phenoxy) is 3. The fourth-order valence-corrected chi connectivity index (χ4v) is 4.03. The summed E-state index contributed by atoms with van der Waals surface area (Å²) in [4.78, 5) is 2.37. The summed E-state index contributed by atoms with van der Waals surface area (Å²) >= 11 is 0. The zero-order chi connectivity index (χ0) is 19.6. The summed E-state index contributed by atoms with van der Waals surface area (Å²) in [6.45, 7) is 6.73. The molecule has 0 unspecified atom stereocenters. The normalized spacial score (nSPS) is 19.8. The summed E-state index contributed by atoms with van der Waals surface area (Å²) in [5, 5.41) is 12.1. The number of benzene rings is 1. The molecule has 8 nitrogen and oxygen atoms in total. The Labute approximate surface area is 170 Å². The Morgan fingerprint density at radius 1 is 1.21 bits per heavy atom. The van der Waals surface area contributed by atoms with Crippen molar-refractivity contribution in [1.29, 1.82) is 0 Å². The Kier molecular flexibility index (Phi) is 5.20. The lowest BCUT2D eigenvalue weighted by Crippen LogP contribution is -2.38. The number of nitrogens with zero attached hydrogens (tertiary/aromatic N) is 5. The van der Waals surface area contributed by atoms with Crippen molar-refractivity contribution in [2.24, 2.45) is 0 Å². The van der Waals surface area contributed by atoms with Crippen LogP contribution in [-0.2, 0) is 17.8 Å². The van der Waals surface area contributed by atoms with Crippen LogP contribution in [0.4, 0.5) is 0 Å². The second kappa shape index (κ2) is 8.12. The van der Waals surface area contributed by atoms with Crippen LogP contribution in [0.1, 0.15) is 42.3 Å². The van der Waals surface area contributed by atoms with Gasteiger partial charge in [0.1, 0.15) is 23.9 Å². The Hall–Kier alpha value is -2.45. The van der Waals surface area contributed by atoms with Gasteiger partial charge in [-0.1, -0.05) is 6.07 Å². The fraction of sp³-hybridized carbons (Fsp3) is 0.571. The number of allylic oxidation sites excluding steroid dienone is 1. The van der Waals surface area contributed by atoms with Crippen molar-refractivity contribution in [2.45, 2.75) is 45.3 Å². The molecule has 0 atom stereocenters. The third kappa shape index (κ3) is 3.86. The van der Waals surface area contributed by atoms with E-state index in [1.54, 1.807) is 0 Å². The maximum atomic E-state index is 6.28. The highest BCUT2D eigenvalue weighted by Crippen LogP contribution is 2.36. The minimum absolute atomic E-state index is 0.361. The molecular weight excluding hydrogens is 370 g/mol. The van der Waals surface area contributed by atoms with Gasteiger partial charge < -0.3 is 14.2 Å². The van der Waals surface area contributed by atoms with Gasteiger partial charge in [-0.05, 0) is 60.7 Å². The molecule has 0 amide bonds. The molecular formula is C21H27N5O3. The lowest BCUT2D eigenvalue weighted by Gasteiger charge is -2.29. The first kappa shape index (κ1) is 18.6. The molecule has 154 valence electrons. The number of morpholine rings is 1. The molecule has 0 N–H and O–H groups in total. The van der Waals surface area contributed by atoms with Crippen LogP contribution in [0, 0.1) is 6.92 Å². The third-order valence-corrected chi connectivity index (χ3v) is 6.04. The molecule has 3 aliphatic rings. The van der Waals surface area contributed by atoms with Gasteiger partial charge in [0.05, 0.1) is 25.8 Å². The van der Waals surface area contributed by atoms with E-state index in [2.05, 4.69) is 39.5 Å². The van der Waals surface area contributed by atoms with Crippen LogP contribution in [0.2, 0.25) is 0 Å². The predicted molar refractivity (Wildman–Crippen MR) is 106 cm³/mol. The van der Waals surface area contributed by atoms with E-state index < -0.39 is 0 Å². The van der Waals surface area contributed by atoms with E-state index in [0.29, 0.717) is 12.6 Å². The first-order chi connectivity index (χ1) is 14.3. The lowest BCUT2D eigenvalue weighted by atomic mass is 9.93. The molecule has 0 spiro atoms. The molecule has 5 rings (SSSR count). The first-order valence-corrected chi connectivity index (χ1v) is 10.5. The fourth-order valence-electron chi connectivity index (χ4n) is 4.03. The van der Waals surface area contributed by atoms with Crippen molar-refractivity contribution in [2.75, 3.05) is 32.8 Å². The van der Waals surface area contributed by atoms with Gasteiger partial charge in [0, 0.05) is 18.7 Å². The van der Waals surface area contributed by atoms with Crippen LogP contribution in [0.25, 0.3) is 0 Å². The average Bonchev–Trinajstić information content (AvgIpc) is 3.15. The molecule has 1 aromatic carbocycles. The summed E-state index contributed by atoms with van der Waals surface area (Å²) in [5.41, 5.74) is 2.22. The van der Waals surface area contributed by atoms with E-state index in [9.17, 15) is 0 Å². The molecule has 0 radical (unpaired) electrons. The van der Waals surface area contributed by atoms with Gasteiger partial charge in [-0.25, -0.2) is 4.68 Å². The van der Waals surface area contributed by atoms with Crippen molar-refractivity contribution in [3.05, 3.63) is 40.9 Å². The van der Waals surface area contributed by atoms with Gasteiger partial charge in [-0.15, -0.1) is 5.10 Å². The standard InChI is InChI=1S/C21H27N5O3/c1-15-19(28-14-20-22-23-24-26(20)17-3-2-4-17)8-6-16-5-7-18(29-21(15)16)13-25-9-11-27-12-10-25/h6-8,17H,2-5,9-14H2,1H3. The van der Waals surface area contributed by atoms with Gasteiger partial charge >= 0.3 is 0 Å². The van der Waals surface area contributed by atoms with Crippen LogP contribution in [0.3, 0.4) is 0 Å². The molecule has 29 heavy (non-hydrogen) atoms. The van der Waals surface area contributed by atoms with Crippen LogP contribution >= 0.6 is 0 Å². The van der Waals surface area contributed by atoms with Crippen molar-refractivity contribution >= 4 is 0 Å². The van der Waals surface area contributed by atoms with E-state index in [4.69, 9.17) is 14.2 Å². The number of tetrazole rings is 1. The minimum atomic E-state index is 0.361. The number of fused-ring (bicyclic) bond motifs is 1. The maximum absolute atomic E-state index is 6.28. The topological polar surface area (TPSA) is 74.5 Å². The smallest absolute Gasteiger partial charge is 0.189 e. The van der Waals surface area contributed by atoms with Crippen molar-refractivity contribution in [3.8, 4) is 11.5 Å². The third-order valence-electron chi connectivity index (χ3n) is 6.04. The van der Waals surface area contributed by atoms with E-state index in [1.807, 2.05) is 10.7 Å². The maximum Gasteiger partial charge on any atom is 0.189 e. The van der Waals surface area contributed by atoms with Crippen LogP contribution < -0.4 is 9.47 Å². The van der Waals surface area contributed by atoms with Gasteiger partial charge in [0.2, 0.25) is 0 Å². The number of aromatic nitrogens is 4. The number of rotatable bonds is 6. The van der Waals surface area contributed by atoms with Gasteiger partial charge in [-0.2, -0.15) is 0 Å². The van der Waals surface area contributed by atoms with E-state index in [1.165, 1.54) is 12.0 Å². The van der Waals surface area contributed by atoms with E-state index in [-0.39, 0.29) is 0 Å². The summed E-state index contributed by atoms with van der Waals surface area (Å²) in [6, 6.07) is 4.54. The molecule has 0 bridgehead atoms. The molecule has 2 aliphatic heterocycles. The Morgan fingerprint density at radius 3 is 2.86 bits per heavy atom. The van der Waals surface area contributed by atoms with Crippen LogP contribution in [0.15, 0.2) is 24.0 Å². The van der Waals surface area contributed by atoms with Crippen molar-refractivity contribution < 1.29 is 14.2 Å². The lowest BCUT2D eigenvalue weighted by molar-refractivity contribution is 0.0383. The SMILES string of the molecule is Cc1c(OCc2nnnn2C2CCC2)ccc2c1OC(CN1CCOCC1)=CC2. The highest BCUT2D eigenvalue weighted by atomic mass is 16.5. The van der Waals surface area contributed by atoms with Crippen molar-refractivity contribution in [1.82, 2.24) is 25.1 Å². The van der Waals surface area contributed by atoms with Crippen LogP contribution in [-0.4, -0.2) is 58.0 Å². The number of hydrogen-bond acceptors (Lipinski definition) is 7. The van der Waals surface area contributed by atoms with Crippen molar-refractivity contribution in [3.63, 3.8) is 0 Å². The van der Waals surface area contributed by atoms with Gasteiger partial charge in [0.25, 0.3) is 0 Å². The molecule has 8 heteroatoms. The first-order valence-electron chi connectivity index (χ1n) is 10.5. The largest absolute Gasteiger partial charge is 0.485 e. The summed E-state index contributed by atoms with van der Waals surface area (Å²) < 4.78 is 19.7. The second-order valence-electron chi connectivity index (χ2n) is 7.96. The van der Waals surface area contributed by atoms with Gasteiger partial charge in [-0.3, -0.25) is 4.90 Å². The zero-order valence-electron chi connectivity index (χ0n) is 16.8. The second-order valence-corrected chi connectivity index (χ2v) is 7.96. The Bertz CT molecular complexity index is 900. The summed E-state index contributed by atoms with van der Waals surface area (Å²) in [5.74, 6) is 3.53. The predicted octanol–water partition coefficient (Wildman–Crippen LogP) is 2.44. The highest BCUT2D eigenvalue weighted by Gasteiger charge is 2.24. The summed E-state index contributed by atoms with van der Waals surface area (Å²) in [6.07, 6.45) is 6.59. The summed E-state index contributed by atoms with van der Waals surface area (Å²) in [7, 11) is 0. The quantitative estimate of drug-likeness (QED) is 0.741. The molecule has 2 fully saturated rings. The highest BCUT2D eigenvalue weighted by molar-refractivity contribution is 5.52. The Morgan fingerprint density at radius 2 is 2.07 bits per heavy atom. The molecule has 1 aliphatic carbocycles. The minimum Gasteiger partial charge on any atom is -0.485 e. The monoisotopic (exact) mass is 397 g/mol. The molecule has 1 saturated carbocycles. The molecule has 1 saturated heterocycles. The van der Waals surface area contributed by atoms with Gasteiger partial charge in [0.15, 0.2) is 5.82 Å². The van der Waals surface area contributed by atoms with Crippen LogP contribution in [0.5, 0.6) is 11.5 Å². The molecule has 1 aromatic heterocycles. The number of hydrogen-bond donors (Lipinski definition) is 0. The van der Waals surface area contributed by atoms with E-state index >= 15 is 0 Å². The zero-order valence-corrected chi connectivity index (χ0v) is 16.8. The molecule has 3 heterocycles. The Balaban J connectivity index is 1.26. The molecule has 2 aromatic rings. The van der Waals surface area contributed by atoms with E-state index in [0.717, 1.165) is 80.8 Å².